The third-order valence-corrected chi connectivity index (χ3v) is 4.44. The molecule has 0 bridgehead atoms. The predicted octanol–water partition coefficient (Wildman–Crippen LogP) is 5.04. The highest BCUT2D eigenvalue weighted by molar-refractivity contribution is 6.30. The van der Waals surface area contributed by atoms with Gasteiger partial charge in [0.15, 0.2) is 5.65 Å². The Bertz CT molecular complexity index is 1160. The molecule has 0 aliphatic rings. The van der Waals surface area contributed by atoms with E-state index in [1.165, 1.54) is 18.3 Å². The maximum atomic E-state index is 13.3. The molecule has 0 atom stereocenters. The van der Waals surface area contributed by atoms with Crippen LogP contribution >= 0.6 is 11.6 Å². The number of hydrogen-bond acceptors (Lipinski definition) is 3. The quantitative estimate of drug-likeness (QED) is 0.502. The lowest BCUT2D eigenvalue weighted by Gasteiger charge is -2.07. The van der Waals surface area contributed by atoms with Gasteiger partial charge in [-0.15, -0.1) is 0 Å². The summed E-state index contributed by atoms with van der Waals surface area (Å²) in [6.45, 7) is 1.89. The zero-order valence-electron chi connectivity index (χ0n) is 13.7. The lowest BCUT2D eigenvalue weighted by Crippen LogP contribution is -2.00. The molecule has 0 saturated carbocycles. The predicted molar refractivity (Wildman–Crippen MR) is 98.3 cm³/mol. The highest BCUT2D eigenvalue weighted by Gasteiger charge is 2.18. The monoisotopic (exact) mass is 362 g/mol. The number of nitrogens with zero attached hydrogens (tertiary/aromatic N) is 4. The zero-order chi connectivity index (χ0) is 18.3. The number of benzene rings is 2. The summed E-state index contributed by atoms with van der Waals surface area (Å²) in [7, 11) is 0. The first-order chi connectivity index (χ1) is 12.6. The molecule has 4 aromatic rings. The molecule has 0 saturated heterocycles. The molecular formula is C20H12ClFN4. The van der Waals surface area contributed by atoms with Gasteiger partial charge in [-0.25, -0.2) is 13.9 Å². The molecule has 2 aromatic carbocycles. The van der Waals surface area contributed by atoms with E-state index in [4.69, 9.17) is 11.6 Å². The Morgan fingerprint density at radius 1 is 1.04 bits per heavy atom. The average Bonchev–Trinajstić information content (AvgIpc) is 2.98. The van der Waals surface area contributed by atoms with Crippen LogP contribution in [0.2, 0.25) is 5.02 Å². The van der Waals surface area contributed by atoms with Crippen LogP contribution in [0, 0.1) is 24.1 Å². The SMILES string of the molecule is Cc1nn2c(-c3ccc(F)cc3)c(C#N)cnc2c1-c1ccc(Cl)cc1. The van der Waals surface area contributed by atoms with Crippen LogP contribution in [0.15, 0.2) is 54.7 Å². The molecule has 2 aromatic heterocycles. The average molecular weight is 363 g/mol. The van der Waals surface area contributed by atoms with Crippen LogP contribution in [-0.4, -0.2) is 14.6 Å². The fourth-order valence-corrected chi connectivity index (χ4v) is 3.14. The fourth-order valence-electron chi connectivity index (χ4n) is 3.01. The first-order valence-corrected chi connectivity index (χ1v) is 8.26. The second-order valence-corrected chi connectivity index (χ2v) is 6.28. The van der Waals surface area contributed by atoms with Crippen molar-refractivity contribution in [3.8, 4) is 28.5 Å². The number of halogens is 2. The Morgan fingerprint density at radius 3 is 2.35 bits per heavy atom. The third kappa shape index (κ3) is 2.61. The molecular weight excluding hydrogens is 351 g/mol. The molecule has 0 unspecified atom stereocenters. The van der Waals surface area contributed by atoms with Gasteiger partial charge in [-0.1, -0.05) is 23.7 Å². The number of rotatable bonds is 2. The van der Waals surface area contributed by atoms with E-state index < -0.39 is 0 Å². The molecule has 0 aliphatic heterocycles. The van der Waals surface area contributed by atoms with Crippen LogP contribution < -0.4 is 0 Å². The van der Waals surface area contributed by atoms with E-state index >= 15 is 0 Å². The third-order valence-electron chi connectivity index (χ3n) is 4.19. The van der Waals surface area contributed by atoms with Crippen molar-refractivity contribution in [3.05, 3.63) is 76.8 Å². The first-order valence-electron chi connectivity index (χ1n) is 7.89. The Kier molecular flexibility index (Phi) is 3.90. The van der Waals surface area contributed by atoms with Crippen LogP contribution in [0.25, 0.3) is 28.0 Å². The smallest absolute Gasteiger partial charge is 0.163 e. The van der Waals surface area contributed by atoms with E-state index in [2.05, 4.69) is 16.2 Å². The van der Waals surface area contributed by atoms with Crippen molar-refractivity contribution in [2.45, 2.75) is 6.92 Å². The maximum Gasteiger partial charge on any atom is 0.163 e. The summed E-state index contributed by atoms with van der Waals surface area (Å²) in [5.74, 6) is -0.337. The topological polar surface area (TPSA) is 54.0 Å². The molecule has 0 fully saturated rings. The van der Waals surface area contributed by atoms with Crippen molar-refractivity contribution >= 4 is 17.2 Å². The number of aromatic nitrogens is 3. The molecule has 0 spiro atoms. The molecule has 4 nitrogen and oxygen atoms in total. The van der Waals surface area contributed by atoms with Gasteiger partial charge in [-0.05, 0) is 48.9 Å². The molecule has 0 aliphatic carbocycles. The molecule has 6 heteroatoms. The largest absolute Gasteiger partial charge is 0.235 e. The summed E-state index contributed by atoms with van der Waals surface area (Å²) < 4.78 is 15.0. The lowest BCUT2D eigenvalue weighted by atomic mass is 10.1. The maximum absolute atomic E-state index is 13.3. The van der Waals surface area contributed by atoms with Crippen molar-refractivity contribution in [2.24, 2.45) is 0 Å². The lowest BCUT2D eigenvalue weighted by molar-refractivity contribution is 0.628. The molecule has 0 amide bonds. The van der Waals surface area contributed by atoms with Crippen LogP contribution in [0.5, 0.6) is 0 Å². The van der Waals surface area contributed by atoms with Crippen molar-refractivity contribution in [1.82, 2.24) is 14.6 Å². The Labute approximate surface area is 154 Å². The van der Waals surface area contributed by atoms with Gasteiger partial charge in [0.2, 0.25) is 0 Å². The Balaban J connectivity index is 2.03. The number of aryl methyl sites for hydroxylation is 1. The van der Waals surface area contributed by atoms with Crippen molar-refractivity contribution in [3.63, 3.8) is 0 Å². The highest BCUT2D eigenvalue weighted by Crippen LogP contribution is 2.32. The number of fused-ring (bicyclic) bond motifs is 1. The minimum Gasteiger partial charge on any atom is -0.235 e. The first kappa shape index (κ1) is 16.2. The van der Waals surface area contributed by atoms with E-state index in [1.807, 2.05) is 31.2 Å². The van der Waals surface area contributed by atoms with Crippen molar-refractivity contribution < 1.29 is 4.39 Å². The van der Waals surface area contributed by atoms with E-state index in [1.54, 1.807) is 16.6 Å². The standard InChI is InChI=1S/C20H12ClFN4/c1-12-18(13-2-6-16(21)7-3-13)20-24-11-15(10-23)19(26(20)25-12)14-4-8-17(22)9-5-14/h2-9,11H,1H3. The van der Waals surface area contributed by atoms with Crippen molar-refractivity contribution in [2.75, 3.05) is 0 Å². The summed E-state index contributed by atoms with van der Waals surface area (Å²) in [6, 6.07) is 15.6. The normalized spacial score (nSPS) is 10.8. The molecule has 126 valence electrons. The van der Waals surface area contributed by atoms with Crippen molar-refractivity contribution in [1.29, 1.82) is 5.26 Å². The van der Waals surface area contributed by atoms with Gasteiger partial charge in [0, 0.05) is 22.3 Å². The van der Waals surface area contributed by atoms with Crippen LogP contribution in [0.4, 0.5) is 4.39 Å². The Morgan fingerprint density at radius 2 is 1.69 bits per heavy atom. The van der Waals surface area contributed by atoms with Gasteiger partial charge in [0.05, 0.1) is 17.0 Å². The summed E-state index contributed by atoms with van der Waals surface area (Å²) >= 11 is 5.99. The van der Waals surface area contributed by atoms with Gasteiger partial charge in [0.25, 0.3) is 0 Å². The van der Waals surface area contributed by atoms with Gasteiger partial charge < -0.3 is 0 Å². The van der Waals surface area contributed by atoms with Gasteiger partial charge >= 0.3 is 0 Å². The van der Waals surface area contributed by atoms with E-state index in [9.17, 15) is 9.65 Å². The van der Waals surface area contributed by atoms with Gasteiger partial charge in [0.1, 0.15) is 11.9 Å². The van der Waals surface area contributed by atoms with E-state index in [0.29, 0.717) is 27.5 Å². The summed E-state index contributed by atoms with van der Waals surface area (Å²) in [5, 5.41) is 14.7. The zero-order valence-corrected chi connectivity index (χ0v) is 14.5. The van der Waals surface area contributed by atoms with Crippen LogP contribution in [-0.2, 0) is 0 Å². The molecule has 2 heterocycles. The summed E-state index contributed by atoms with van der Waals surface area (Å²) in [4.78, 5) is 4.45. The minimum atomic E-state index is -0.337. The van der Waals surface area contributed by atoms with Crippen LogP contribution in [0.3, 0.4) is 0 Å². The van der Waals surface area contributed by atoms with E-state index in [-0.39, 0.29) is 5.82 Å². The van der Waals surface area contributed by atoms with Crippen LogP contribution in [0.1, 0.15) is 11.3 Å². The van der Waals surface area contributed by atoms with E-state index in [0.717, 1.165) is 16.8 Å². The number of hydrogen-bond donors (Lipinski definition) is 0. The number of nitriles is 1. The molecule has 26 heavy (non-hydrogen) atoms. The van der Waals surface area contributed by atoms with Gasteiger partial charge in [-0.2, -0.15) is 10.4 Å². The second-order valence-electron chi connectivity index (χ2n) is 5.84. The second kappa shape index (κ2) is 6.25. The molecule has 0 radical (unpaired) electrons. The summed E-state index contributed by atoms with van der Waals surface area (Å²) in [6.07, 6.45) is 1.52. The minimum absolute atomic E-state index is 0.337. The van der Waals surface area contributed by atoms with Gasteiger partial charge in [-0.3, -0.25) is 0 Å². The molecule has 0 N–H and O–H groups in total. The summed E-state index contributed by atoms with van der Waals surface area (Å²) in [5.41, 5.74) is 4.86. The highest BCUT2D eigenvalue weighted by atomic mass is 35.5. The molecule has 4 rings (SSSR count). The Hall–Kier alpha value is -3.23. The fraction of sp³-hybridized carbons (Fsp3) is 0.0500.